The minimum absolute atomic E-state index is 0.0757. The van der Waals surface area contributed by atoms with Crippen LogP contribution in [0.1, 0.15) is 25.3 Å². The van der Waals surface area contributed by atoms with Crippen LogP contribution in [0.3, 0.4) is 0 Å². The zero-order valence-electron chi connectivity index (χ0n) is 23.6. The summed E-state index contributed by atoms with van der Waals surface area (Å²) in [5.41, 5.74) is 4.38. The molecule has 0 aliphatic carbocycles. The van der Waals surface area contributed by atoms with Crippen molar-refractivity contribution in [1.82, 2.24) is 34.9 Å². The van der Waals surface area contributed by atoms with E-state index in [1.807, 2.05) is 6.92 Å². The zero-order valence-corrected chi connectivity index (χ0v) is 24.4. The second-order valence-electron chi connectivity index (χ2n) is 10.3. The van der Waals surface area contributed by atoms with Gasteiger partial charge in [-0.25, -0.2) is 31.9 Å². The molecule has 0 radical (unpaired) electrons. The van der Waals surface area contributed by atoms with Gasteiger partial charge in [0.2, 0.25) is 15.9 Å². The monoisotopic (exact) mass is 616 g/mol. The summed E-state index contributed by atoms with van der Waals surface area (Å²) < 4.78 is 55.3. The fourth-order valence-corrected chi connectivity index (χ4v) is 5.36. The Bertz CT molecular complexity index is 2160. The van der Waals surface area contributed by atoms with Crippen LogP contribution in [0.15, 0.2) is 61.1 Å². The molecular weight excluding hydrogens is 590 g/mol. The molecule has 6 rings (SSSR count). The van der Waals surface area contributed by atoms with Crippen LogP contribution in [0, 0.1) is 11.6 Å². The third-order valence-corrected chi connectivity index (χ3v) is 7.55. The molecule has 6 aromatic rings. The van der Waals surface area contributed by atoms with E-state index in [0.717, 1.165) is 6.26 Å². The number of rotatable bonds is 9. The standard InChI is InChI=1S/C30H26F2N8O3S/c1-3-4-26(41)36-20-10-18(14-33-15-20)22-11-23-25(12-24(22)32)39-40-28(23)30-37-27-21(5-6-34-29(27)38-30)17-7-16(8-19(31)9-17)13-35-44(2,42)43/h5-12,14-15,35H,3-4,13H2,1-2H3,(H,36,41)(H,39,40)(H,34,37,38). The Labute approximate surface area is 250 Å². The lowest BCUT2D eigenvalue weighted by Gasteiger charge is -2.08. The van der Waals surface area contributed by atoms with Crippen LogP contribution in [0.25, 0.3) is 55.8 Å². The van der Waals surface area contributed by atoms with E-state index in [1.54, 1.807) is 24.3 Å². The first kappa shape index (κ1) is 29.0. The third kappa shape index (κ3) is 6.02. The van der Waals surface area contributed by atoms with Crippen molar-refractivity contribution in [2.75, 3.05) is 11.6 Å². The minimum Gasteiger partial charge on any atom is -0.335 e. The number of anilines is 1. The number of carbonyl (C=O) groups excluding carboxylic acids is 1. The first-order valence-corrected chi connectivity index (χ1v) is 15.5. The molecule has 0 fully saturated rings. The van der Waals surface area contributed by atoms with Gasteiger partial charge in [-0.05, 0) is 53.9 Å². The lowest BCUT2D eigenvalue weighted by atomic mass is 10.0. The number of sulfonamides is 1. The molecule has 4 aromatic heterocycles. The molecule has 4 N–H and O–H groups in total. The molecular formula is C30H26F2N8O3S. The number of nitrogens with zero attached hydrogens (tertiary/aromatic N) is 4. The van der Waals surface area contributed by atoms with Crippen LogP contribution in [0.2, 0.25) is 0 Å². The summed E-state index contributed by atoms with van der Waals surface area (Å²) >= 11 is 0. The predicted molar refractivity (Wildman–Crippen MR) is 163 cm³/mol. The Morgan fingerprint density at radius 2 is 1.86 bits per heavy atom. The van der Waals surface area contributed by atoms with E-state index in [-0.39, 0.29) is 18.0 Å². The molecule has 11 nitrogen and oxygen atoms in total. The maximum atomic E-state index is 15.3. The van der Waals surface area contributed by atoms with Crippen molar-refractivity contribution in [3.63, 3.8) is 0 Å². The van der Waals surface area contributed by atoms with Gasteiger partial charge in [0, 0.05) is 53.5 Å². The summed E-state index contributed by atoms with van der Waals surface area (Å²) in [6.07, 6.45) is 6.63. The maximum absolute atomic E-state index is 15.3. The quantitative estimate of drug-likeness (QED) is 0.172. The van der Waals surface area contributed by atoms with Crippen molar-refractivity contribution in [1.29, 1.82) is 0 Å². The molecule has 0 saturated heterocycles. The molecule has 1 amide bonds. The summed E-state index contributed by atoms with van der Waals surface area (Å²) in [6.45, 7) is 1.83. The van der Waals surface area contributed by atoms with Crippen molar-refractivity contribution in [3.05, 3.63) is 78.3 Å². The number of benzene rings is 2. The summed E-state index contributed by atoms with van der Waals surface area (Å²) in [6, 6.07) is 10.6. The normalized spacial score (nSPS) is 11.8. The lowest BCUT2D eigenvalue weighted by Crippen LogP contribution is -2.21. The average Bonchev–Trinajstić information content (AvgIpc) is 3.59. The number of fused-ring (bicyclic) bond motifs is 2. The van der Waals surface area contributed by atoms with Gasteiger partial charge in [0.05, 0.1) is 29.2 Å². The number of carbonyl (C=O) groups is 1. The molecule has 0 atom stereocenters. The molecule has 44 heavy (non-hydrogen) atoms. The highest BCUT2D eigenvalue weighted by Crippen LogP contribution is 2.34. The Hall–Kier alpha value is -5.08. The number of halogens is 2. The first-order chi connectivity index (χ1) is 21.1. The van der Waals surface area contributed by atoms with E-state index in [0.29, 0.717) is 74.4 Å². The average molecular weight is 617 g/mol. The van der Waals surface area contributed by atoms with E-state index in [9.17, 15) is 17.6 Å². The Balaban J connectivity index is 1.39. The van der Waals surface area contributed by atoms with E-state index in [1.165, 1.54) is 36.8 Å². The van der Waals surface area contributed by atoms with Crippen LogP contribution >= 0.6 is 0 Å². The topological polar surface area (TPSA) is 158 Å². The van der Waals surface area contributed by atoms with E-state index in [4.69, 9.17) is 0 Å². The molecule has 224 valence electrons. The van der Waals surface area contributed by atoms with Crippen LogP contribution in [-0.4, -0.2) is 50.7 Å². The summed E-state index contributed by atoms with van der Waals surface area (Å²) in [4.78, 5) is 28.4. The van der Waals surface area contributed by atoms with Gasteiger partial charge in [0.1, 0.15) is 17.3 Å². The predicted octanol–water partition coefficient (Wildman–Crippen LogP) is 5.30. The number of pyridine rings is 2. The smallest absolute Gasteiger partial charge is 0.224 e. The van der Waals surface area contributed by atoms with E-state index >= 15 is 4.39 Å². The van der Waals surface area contributed by atoms with Crippen LogP contribution in [0.4, 0.5) is 14.5 Å². The van der Waals surface area contributed by atoms with Gasteiger partial charge in [-0.15, -0.1) is 0 Å². The molecule has 0 aliphatic rings. The van der Waals surface area contributed by atoms with Gasteiger partial charge in [0.25, 0.3) is 0 Å². The highest BCUT2D eigenvalue weighted by atomic mass is 32.2. The molecule has 0 spiro atoms. The van der Waals surface area contributed by atoms with Crippen molar-refractivity contribution in [3.8, 4) is 33.8 Å². The van der Waals surface area contributed by atoms with Gasteiger partial charge >= 0.3 is 0 Å². The second kappa shape index (κ2) is 11.5. The Kier molecular flexibility index (Phi) is 7.61. The number of imidazole rings is 1. The van der Waals surface area contributed by atoms with Crippen molar-refractivity contribution in [2.45, 2.75) is 26.3 Å². The number of aromatic amines is 2. The molecule has 2 aromatic carbocycles. The summed E-state index contributed by atoms with van der Waals surface area (Å²) in [5.74, 6) is -0.851. The third-order valence-electron chi connectivity index (χ3n) is 6.88. The number of amides is 1. The van der Waals surface area contributed by atoms with Gasteiger partial charge < -0.3 is 10.3 Å². The van der Waals surface area contributed by atoms with Crippen LogP contribution in [0.5, 0.6) is 0 Å². The van der Waals surface area contributed by atoms with E-state index < -0.39 is 21.7 Å². The number of hydrogen-bond acceptors (Lipinski definition) is 7. The number of hydrogen-bond donors (Lipinski definition) is 4. The molecule has 0 unspecified atom stereocenters. The highest BCUT2D eigenvalue weighted by Gasteiger charge is 2.19. The van der Waals surface area contributed by atoms with E-state index in [2.05, 4.69) is 40.2 Å². The van der Waals surface area contributed by atoms with Gasteiger partial charge in [0.15, 0.2) is 11.5 Å². The molecule has 0 bridgehead atoms. The number of nitrogens with one attached hydrogen (secondary N) is 4. The second-order valence-corrected chi connectivity index (χ2v) is 12.1. The fourth-order valence-electron chi connectivity index (χ4n) is 4.93. The van der Waals surface area contributed by atoms with Gasteiger partial charge in [-0.2, -0.15) is 5.10 Å². The van der Waals surface area contributed by atoms with Crippen molar-refractivity contribution >= 4 is 43.7 Å². The van der Waals surface area contributed by atoms with Crippen LogP contribution in [-0.2, 0) is 21.4 Å². The fraction of sp³-hybridized carbons (Fsp3) is 0.167. The highest BCUT2D eigenvalue weighted by molar-refractivity contribution is 7.88. The van der Waals surface area contributed by atoms with Gasteiger partial charge in [-0.3, -0.25) is 14.9 Å². The van der Waals surface area contributed by atoms with Crippen molar-refractivity contribution < 1.29 is 22.0 Å². The minimum atomic E-state index is -3.47. The maximum Gasteiger partial charge on any atom is 0.224 e. The Morgan fingerprint density at radius 1 is 1.02 bits per heavy atom. The van der Waals surface area contributed by atoms with Gasteiger partial charge in [-0.1, -0.05) is 6.92 Å². The Morgan fingerprint density at radius 3 is 2.66 bits per heavy atom. The number of H-pyrrole nitrogens is 2. The largest absolute Gasteiger partial charge is 0.335 e. The zero-order chi connectivity index (χ0) is 31.0. The summed E-state index contributed by atoms with van der Waals surface area (Å²) in [5, 5.41) is 10.6. The SMILES string of the molecule is CCCC(=O)Nc1cncc(-c2cc3c(-c4nc5nccc(-c6cc(F)cc(CNS(C)(=O)=O)c6)c5[nH]4)n[nH]c3cc2F)c1. The molecule has 0 saturated carbocycles. The summed E-state index contributed by atoms with van der Waals surface area (Å²) in [7, 11) is -3.47. The lowest BCUT2D eigenvalue weighted by molar-refractivity contribution is -0.116. The van der Waals surface area contributed by atoms with Crippen LogP contribution < -0.4 is 10.0 Å². The first-order valence-electron chi connectivity index (χ1n) is 13.6. The molecule has 4 heterocycles. The molecule has 14 heteroatoms. The van der Waals surface area contributed by atoms with Crippen molar-refractivity contribution in [2.24, 2.45) is 0 Å². The molecule has 0 aliphatic heterocycles. The number of aromatic nitrogens is 6.